The minimum absolute atomic E-state index is 0.259. The molecule has 0 N–H and O–H groups in total. The summed E-state index contributed by atoms with van der Waals surface area (Å²) >= 11 is 0. The normalized spacial score (nSPS) is 15.6. The van der Waals surface area contributed by atoms with Gasteiger partial charge in [-0.15, -0.1) is 0 Å². The number of fused-ring (bicyclic) bond motifs is 2. The topological polar surface area (TPSA) is 58.6 Å². The number of halogens is 1. The van der Waals surface area contributed by atoms with Crippen LogP contribution in [0.4, 0.5) is 4.39 Å². The monoisotopic (exact) mass is 534 g/mol. The van der Waals surface area contributed by atoms with Gasteiger partial charge in [0.1, 0.15) is 12.1 Å². The van der Waals surface area contributed by atoms with Crippen LogP contribution in [0.25, 0.3) is 27.6 Å². The predicted molar refractivity (Wildman–Crippen MR) is 154 cm³/mol. The molecular weight excluding hydrogens is 503 g/mol. The van der Waals surface area contributed by atoms with E-state index in [1.807, 2.05) is 10.6 Å². The highest BCUT2D eigenvalue weighted by Crippen LogP contribution is 2.36. The predicted octanol–water partition coefficient (Wildman–Crippen LogP) is 5.77. The average Bonchev–Trinajstić information content (AvgIpc) is 3.57. The standard InChI is InChI=1S/C32H31FN6O/c1-20-23(6-5-22-13-25(34-2)15-26(20)22)17-38-11-9-21(10-12-38)28-18-39(30-16-35-19-36-31(28)30)29-8-7-24(33)14-27(29)32(40)37(3)4/h5-8,14-16,18-19,21H,9-13,17H2,1,3-4H3. The number of carbonyl (C=O) groups is 1. The third kappa shape index (κ3) is 4.56. The molecule has 3 heterocycles. The molecule has 4 aromatic rings. The van der Waals surface area contributed by atoms with E-state index in [-0.39, 0.29) is 5.91 Å². The van der Waals surface area contributed by atoms with Gasteiger partial charge in [0.15, 0.2) is 5.70 Å². The Bertz CT molecular complexity index is 1700. The van der Waals surface area contributed by atoms with Crippen LogP contribution in [0.1, 0.15) is 56.9 Å². The van der Waals surface area contributed by atoms with Crippen molar-refractivity contribution in [3.05, 3.63) is 105 Å². The van der Waals surface area contributed by atoms with Gasteiger partial charge in [-0.1, -0.05) is 18.2 Å². The molecule has 40 heavy (non-hydrogen) atoms. The second-order valence-electron chi connectivity index (χ2n) is 11.0. The number of carbonyl (C=O) groups excluding carboxylic acids is 1. The second-order valence-corrected chi connectivity index (χ2v) is 11.0. The molecule has 202 valence electrons. The van der Waals surface area contributed by atoms with Crippen molar-refractivity contribution in [2.45, 2.75) is 38.6 Å². The summed E-state index contributed by atoms with van der Waals surface area (Å²) < 4.78 is 16.1. The fourth-order valence-corrected chi connectivity index (χ4v) is 6.10. The largest absolute Gasteiger partial charge is 0.345 e. The zero-order valence-corrected chi connectivity index (χ0v) is 23.0. The first-order chi connectivity index (χ1) is 19.3. The summed E-state index contributed by atoms with van der Waals surface area (Å²) in [7, 11) is 3.33. The lowest BCUT2D eigenvalue weighted by Crippen LogP contribution is -2.32. The molecule has 6 rings (SSSR count). The van der Waals surface area contributed by atoms with E-state index < -0.39 is 5.82 Å². The van der Waals surface area contributed by atoms with Crippen LogP contribution in [0, 0.1) is 19.3 Å². The average molecular weight is 535 g/mol. The highest BCUT2D eigenvalue weighted by molar-refractivity contribution is 5.98. The Hall–Kier alpha value is -4.35. The van der Waals surface area contributed by atoms with Crippen molar-refractivity contribution in [1.29, 1.82) is 0 Å². The van der Waals surface area contributed by atoms with Gasteiger partial charge < -0.3 is 9.47 Å². The first kappa shape index (κ1) is 25.9. The number of amides is 1. The van der Waals surface area contributed by atoms with Gasteiger partial charge in [0.2, 0.25) is 0 Å². The number of hydrogen-bond acceptors (Lipinski definition) is 4. The minimum atomic E-state index is -0.448. The minimum Gasteiger partial charge on any atom is -0.345 e. The van der Waals surface area contributed by atoms with E-state index >= 15 is 0 Å². The van der Waals surface area contributed by atoms with Crippen LogP contribution in [0.15, 0.2) is 54.7 Å². The first-order valence-corrected chi connectivity index (χ1v) is 13.6. The third-order valence-corrected chi connectivity index (χ3v) is 8.31. The van der Waals surface area contributed by atoms with E-state index in [1.54, 1.807) is 32.7 Å². The summed E-state index contributed by atoms with van der Waals surface area (Å²) in [4.78, 5) is 29.4. The quantitative estimate of drug-likeness (QED) is 0.305. The lowest BCUT2D eigenvalue weighted by atomic mass is 9.90. The summed E-state index contributed by atoms with van der Waals surface area (Å²) in [6.45, 7) is 12.3. The number of allylic oxidation sites excluding steroid dienone is 1. The molecule has 1 saturated heterocycles. The Morgan fingerprint density at radius 2 is 2.00 bits per heavy atom. The molecule has 1 aliphatic heterocycles. The fourth-order valence-electron chi connectivity index (χ4n) is 6.10. The van der Waals surface area contributed by atoms with E-state index in [0.717, 1.165) is 61.2 Å². The highest BCUT2D eigenvalue weighted by Gasteiger charge is 2.27. The summed E-state index contributed by atoms with van der Waals surface area (Å²) in [5.41, 5.74) is 9.62. The Balaban J connectivity index is 1.25. The number of piperidine rings is 1. The van der Waals surface area contributed by atoms with Crippen LogP contribution in [-0.2, 0) is 13.0 Å². The van der Waals surface area contributed by atoms with Gasteiger partial charge in [-0.3, -0.25) is 9.69 Å². The van der Waals surface area contributed by atoms with Gasteiger partial charge >= 0.3 is 0 Å². The third-order valence-electron chi connectivity index (χ3n) is 8.31. The van der Waals surface area contributed by atoms with E-state index in [0.29, 0.717) is 17.2 Å². The molecule has 1 aliphatic carbocycles. The van der Waals surface area contributed by atoms with Gasteiger partial charge in [-0.05, 0) is 84.8 Å². The van der Waals surface area contributed by atoms with Crippen LogP contribution in [0.5, 0.6) is 0 Å². The first-order valence-electron chi connectivity index (χ1n) is 13.6. The molecule has 0 atom stereocenters. The Morgan fingerprint density at radius 1 is 1.20 bits per heavy atom. The summed E-state index contributed by atoms with van der Waals surface area (Å²) in [5.74, 6) is -0.393. The van der Waals surface area contributed by atoms with Crippen molar-refractivity contribution < 1.29 is 9.18 Å². The Morgan fingerprint density at radius 3 is 2.75 bits per heavy atom. The molecule has 7 nitrogen and oxygen atoms in total. The number of likely N-dealkylation sites (tertiary alicyclic amines) is 1. The van der Waals surface area contributed by atoms with Crippen molar-refractivity contribution in [2.75, 3.05) is 27.2 Å². The van der Waals surface area contributed by atoms with Gasteiger partial charge in [-0.2, -0.15) is 0 Å². The van der Waals surface area contributed by atoms with Crippen molar-refractivity contribution in [1.82, 2.24) is 24.3 Å². The SMILES string of the molecule is [C-]#[N+]C1=Cc2c(ccc(CN3CCC(c4cn(-c5ccc(F)cc5C(=O)N(C)C)c5cncnc45)CC3)c2C)C1. The van der Waals surface area contributed by atoms with Crippen LogP contribution < -0.4 is 0 Å². The van der Waals surface area contributed by atoms with Crippen molar-refractivity contribution in [2.24, 2.45) is 0 Å². The Labute approximate surface area is 233 Å². The maximum atomic E-state index is 14.2. The van der Waals surface area contributed by atoms with Gasteiger partial charge in [0.05, 0.1) is 35.1 Å². The van der Waals surface area contributed by atoms with E-state index in [4.69, 9.17) is 6.57 Å². The summed E-state index contributed by atoms with van der Waals surface area (Å²) in [5, 5.41) is 0. The number of nitrogens with zero attached hydrogens (tertiary/aromatic N) is 6. The lowest BCUT2D eigenvalue weighted by Gasteiger charge is -2.32. The van der Waals surface area contributed by atoms with Crippen molar-refractivity contribution >= 4 is 23.0 Å². The Kier molecular flexibility index (Phi) is 6.68. The molecule has 0 spiro atoms. The molecule has 2 aliphatic rings. The molecule has 8 heteroatoms. The smallest absolute Gasteiger partial charge is 0.255 e. The number of benzene rings is 2. The second kappa shape index (κ2) is 10.3. The maximum Gasteiger partial charge on any atom is 0.255 e. The van der Waals surface area contributed by atoms with Crippen LogP contribution in [-0.4, -0.2) is 57.4 Å². The molecule has 0 bridgehead atoms. The van der Waals surface area contributed by atoms with Crippen LogP contribution >= 0.6 is 0 Å². The van der Waals surface area contributed by atoms with Gasteiger partial charge in [0, 0.05) is 33.3 Å². The molecule has 0 saturated carbocycles. The molecule has 2 aromatic carbocycles. The molecule has 2 aromatic heterocycles. The van der Waals surface area contributed by atoms with Crippen LogP contribution in [0.2, 0.25) is 0 Å². The molecule has 0 unspecified atom stereocenters. The number of rotatable bonds is 5. The molecule has 1 amide bonds. The number of hydrogen-bond donors (Lipinski definition) is 0. The molecular formula is C32H31FN6O. The zero-order chi connectivity index (χ0) is 28.0. The summed E-state index contributed by atoms with van der Waals surface area (Å²) in [6, 6.07) is 8.73. The zero-order valence-electron chi connectivity index (χ0n) is 23.0. The lowest BCUT2D eigenvalue weighted by molar-refractivity contribution is 0.0827. The van der Waals surface area contributed by atoms with E-state index in [2.05, 4.69) is 45.0 Å². The number of aromatic nitrogens is 3. The van der Waals surface area contributed by atoms with E-state index in [1.165, 1.54) is 39.3 Å². The van der Waals surface area contributed by atoms with Crippen molar-refractivity contribution in [3.8, 4) is 5.69 Å². The van der Waals surface area contributed by atoms with Gasteiger partial charge in [-0.25, -0.2) is 19.2 Å². The van der Waals surface area contributed by atoms with Crippen LogP contribution in [0.3, 0.4) is 0 Å². The summed E-state index contributed by atoms with van der Waals surface area (Å²) in [6.07, 6.45) is 10.1. The fraction of sp³-hybridized carbons (Fsp3) is 0.312. The van der Waals surface area contributed by atoms with E-state index in [9.17, 15) is 9.18 Å². The van der Waals surface area contributed by atoms with Gasteiger partial charge in [0.25, 0.3) is 5.91 Å². The molecule has 0 radical (unpaired) electrons. The van der Waals surface area contributed by atoms with Crippen molar-refractivity contribution in [3.63, 3.8) is 0 Å². The highest BCUT2D eigenvalue weighted by atomic mass is 19.1. The maximum absolute atomic E-state index is 14.2. The molecule has 1 fully saturated rings.